The molecule has 0 aromatic heterocycles. The maximum absolute atomic E-state index is 12.8. The summed E-state index contributed by atoms with van der Waals surface area (Å²) in [5, 5.41) is 3.36. The highest BCUT2D eigenvalue weighted by Gasteiger charge is 2.49. The lowest BCUT2D eigenvalue weighted by molar-refractivity contribution is -0.142. The summed E-state index contributed by atoms with van der Waals surface area (Å²) in [6.45, 7) is 2.15. The first-order chi connectivity index (χ1) is 14.3. The molecule has 2 bridgehead atoms. The van der Waals surface area contributed by atoms with Gasteiger partial charge in [-0.25, -0.2) is 8.42 Å². The number of carbonyl (C=O) groups excluding carboxylic acids is 2. The fourth-order valence-corrected chi connectivity index (χ4v) is 6.85. The first kappa shape index (κ1) is 22.0. The quantitative estimate of drug-likeness (QED) is 0.563. The van der Waals surface area contributed by atoms with E-state index in [0.29, 0.717) is 52.0 Å². The monoisotopic (exact) mass is 441 g/mol. The molecule has 4 saturated heterocycles. The number of nitrogens with two attached hydrogens (primary N) is 1. The van der Waals surface area contributed by atoms with E-state index in [1.807, 2.05) is 0 Å². The number of piperidine rings is 1. The Kier molecular flexibility index (Phi) is 6.39. The van der Waals surface area contributed by atoms with Crippen LogP contribution < -0.4 is 11.1 Å². The van der Waals surface area contributed by atoms with Crippen molar-refractivity contribution in [3.8, 4) is 0 Å². The van der Waals surface area contributed by atoms with Gasteiger partial charge in [-0.2, -0.15) is 4.31 Å². The van der Waals surface area contributed by atoms with E-state index >= 15 is 0 Å². The Labute approximate surface area is 178 Å². The molecule has 0 spiro atoms. The highest BCUT2D eigenvalue weighted by molar-refractivity contribution is 7.89. The van der Waals surface area contributed by atoms with Crippen LogP contribution in [0.2, 0.25) is 0 Å². The lowest BCUT2D eigenvalue weighted by Gasteiger charge is -2.37. The lowest BCUT2D eigenvalue weighted by Crippen LogP contribution is -2.57. The molecule has 4 aliphatic rings. The van der Waals surface area contributed by atoms with E-state index in [0.717, 1.165) is 32.1 Å². The van der Waals surface area contributed by atoms with E-state index in [1.165, 1.54) is 10.2 Å². The molecular weight excluding hydrogens is 408 g/mol. The SMILES string of the molecule is NC(=O)[C@]12CC[C@H](C[C](CCCS(=O)(=O)N3CCN(C(=O)[C@@H]4CCCO4)CC3)C1)N2. The van der Waals surface area contributed by atoms with E-state index < -0.39 is 15.6 Å². The summed E-state index contributed by atoms with van der Waals surface area (Å²) in [6, 6.07) is 0.285. The van der Waals surface area contributed by atoms with E-state index in [9.17, 15) is 18.0 Å². The molecule has 3 atom stereocenters. The largest absolute Gasteiger partial charge is 0.368 e. The number of sulfonamides is 1. The molecule has 0 aliphatic carbocycles. The average Bonchev–Trinajstić information content (AvgIpc) is 3.36. The third-order valence-electron chi connectivity index (χ3n) is 7.04. The highest BCUT2D eigenvalue weighted by Crippen LogP contribution is 2.41. The molecule has 0 aromatic rings. The summed E-state index contributed by atoms with van der Waals surface area (Å²) in [5.74, 6) is 1.03. The summed E-state index contributed by atoms with van der Waals surface area (Å²) < 4.78 is 32.5. The van der Waals surface area contributed by atoms with Gasteiger partial charge in [-0.3, -0.25) is 9.59 Å². The Bertz CT molecular complexity index is 761. The smallest absolute Gasteiger partial charge is 0.251 e. The second-order valence-electron chi connectivity index (χ2n) is 9.10. The molecular formula is C20H33N4O5S. The van der Waals surface area contributed by atoms with Gasteiger partial charge in [0.1, 0.15) is 6.10 Å². The van der Waals surface area contributed by atoms with E-state index in [1.54, 1.807) is 4.90 Å². The minimum Gasteiger partial charge on any atom is -0.368 e. The summed E-state index contributed by atoms with van der Waals surface area (Å²) in [6.07, 6.45) is 5.81. The lowest BCUT2D eigenvalue weighted by atomic mass is 9.81. The first-order valence-electron chi connectivity index (χ1n) is 11.1. The number of ether oxygens (including phenoxy) is 1. The third-order valence-corrected chi connectivity index (χ3v) is 9.00. The fraction of sp³-hybridized carbons (Fsp3) is 0.850. The number of carbonyl (C=O) groups is 2. The number of nitrogens with one attached hydrogen (secondary N) is 1. The van der Waals surface area contributed by atoms with Gasteiger partial charge in [-0.15, -0.1) is 0 Å². The zero-order valence-electron chi connectivity index (χ0n) is 17.5. The van der Waals surface area contributed by atoms with E-state index in [-0.39, 0.29) is 29.7 Å². The van der Waals surface area contributed by atoms with Crippen LogP contribution in [0.4, 0.5) is 0 Å². The summed E-state index contributed by atoms with van der Waals surface area (Å²) >= 11 is 0. The molecule has 10 heteroatoms. The van der Waals surface area contributed by atoms with Crippen LogP contribution in [0.1, 0.15) is 51.4 Å². The molecule has 4 heterocycles. The van der Waals surface area contributed by atoms with Crippen molar-refractivity contribution >= 4 is 21.8 Å². The van der Waals surface area contributed by atoms with Crippen LogP contribution in [0, 0.1) is 5.92 Å². The second kappa shape index (κ2) is 8.72. The van der Waals surface area contributed by atoms with Gasteiger partial charge < -0.3 is 20.7 Å². The van der Waals surface area contributed by atoms with Crippen LogP contribution >= 0.6 is 0 Å². The molecule has 0 unspecified atom stereocenters. The Morgan fingerprint density at radius 1 is 1.20 bits per heavy atom. The Balaban J connectivity index is 1.22. The van der Waals surface area contributed by atoms with Crippen molar-refractivity contribution in [1.82, 2.24) is 14.5 Å². The van der Waals surface area contributed by atoms with Crippen molar-refractivity contribution in [3.63, 3.8) is 0 Å². The molecule has 30 heavy (non-hydrogen) atoms. The summed E-state index contributed by atoms with van der Waals surface area (Å²) in [5.41, 5.74) is 4.99. The van der Waals surface area contributed by atoms with Crippen molar-refractivity contribution < 1.29 is 22.7 Å². The molecule has 2 amide bonds. The van der Waals surface area contributed by atoms with Crippen LogP contribution in [0.15, 0.2) is 0 Å². The minimum atomic E-state index is -3.35. The molecule has 4 aliphatic heterocycles. The first-order valence-corrected chi connectivity index (χ1v) is 12.7. The van der Waals surface area contributed by atoms with Gasteiger partial charge in [0.05, 0.1) is 11.3 Å². The van der Waals surface area contributed by atoms with E-state index in [4.69, 9.17) is 10.5 Å². The van der Waals surface area contributed by atoms with Gasteiger partial charge in [0.2, 0.25) is 15.9 Å². The van der Waals surface area contributed by atoms with E-state index in [2.05, 4.69) is 5.32 Å². The maximum Gasteiger partial charge on any atom is 0.251 e. The van der Waals surface area contributed by atoms with Gasteiger partial charge in [0.25, 0.3) is 5.91 Å². The Morgan fingerprint density at radius 2 is 1.97 bits per heavy atom. The number of amides is 2. The molecule has 169 valence electrons. The van der Waals surface area contributed by atoms with Crippen LogP contribution in [-0.4, -0.2) is 85.7 Å². The Morgan fingerprint density at radius 3 is 2.63 bits per heavy atom. The molecule has 4 rings (SSSR count). The summed E-state index contributed by atoms with van der Waals surface area (Å²) in [7, 11) is -3.35. The van der Waals surface area contributed by atoms with Gasteiger partial charge in [0, 0.05) is 38.8 Å². The van der Waals surface area contributed by atoms with Crippen molar-refractivity contribution in [3.05, 3.63) is 5.92 Å². The number of hydrogen-bond donors (Lipinski definition) is 2. The van der Waals surface area contributed by atoms with Crippen LogP contribution in [0.3, 0.4) is 0 Å². The summed E-state index contributed by atoms with van der Waals surface area (Å²) in [4.78, 5) is 26.0. The zero-order valence-corrected chi connectivity index (χ0v) is 18.3. The van der Waals surface area contributed by atoms with Crippen molar-refractivity contribution in [1.29, 1.82) is 0 Å². The Hall–Kier alpha value is -1.23. The van der Waals surface area contributed by atoms with Crippen molar-refractivity contribution in [2.75, 3.05) is 38.5 Å². The van der Waals surface area contributed by atoms with Crippen molar-refractivity contribution in [2.45, 2.75) is 69.1 Å². The highest BCUT2D eigenvalue weighted by atomic mass is 32.2. The molecule has 0 saturated carbocycles. The van der Waals surface area contributed by atoms with Crippen LogP contribution in [0.5, 0.6) is 0 Å². The number of fused-ring (bicyclic) bond motifs is 2. The van der Waals surface area contributed by atoms with Gasteiger partial charge in [-0.05, 0) is 57.3 Å². The third kappa shape index (κ3) is 4.51. The predicted octanol–water partition coefficient (Wildman–Crippen LogP) is -0.236. The number of primary amides is 1. The van der Waals surface area contributed by atoms with Gasteiger partial charge in [-0.1, -0.05) is 0 Å². The molecule has 1 radical (unpaired) electrons. The molecule has 9 nitrogen and oxygen atoms in total. The standard InChI is InChI=1S/C20H33N4O5S/c21-19(26)20-6-5-16(22-20)13-15(14-20)3-2-12-30(27,28)24-9-7-23(8-10-24)18(25)17-4-1-11-29-17/h16-17,22H,1-14H2,(H2,21,26)/t16-,17+,20+/m1/s1. The van der Waals surface area contributed by atoms with Crippen molar-refractivity contribution in [2.24, 2.45) is 5.73 Å². The normalized spacial score (nSPS) is 33.1. The number of piperazine rings is 1. The fourth-order valence-electron chi connectivity index (χ4n) is 5.36. The average molecular weight is 442 g/mol. The number of rotatable bonds is 7. The minimum absolute atomic E-state index is 0.00938. The van der Waals surface area contributed by atoms with Gasteiger partial charge in [0.15, 0.2) is 0 Å². The molecule has 4 fully saturated rings. The number of hydrogen-bond acceptors (Lipinski definition) is 6. The van der Waals surface area contributed by atoms with Crippen LogP contribution in [0.25, 0.3) is 0 Å². The van der Waals surface area contributed by atoms with Crippen LogP contribution in [-0.2, 0) is 24.3 Å². The molecule has 0 aromatic carbocycles. The topological polar surface area (TPSA) is 122 Å². The predicted molar refractivity (Wildman–Crippen MR) is 111 cm³/mol. The maximum atomic E-state index is 12.8. The number of nitrogens with zero attached hydrogens (tertiary/aromatic N) is 2. The zero-order chi connectivity index (χ0) is 21.4. The second-order valence-corrected chi connectivity index (χ2v) is 11.2. The molecule has 3 N–H and O–H groups in total. The van der Waals surface area contributed by atoms with Gasteiger partial charge >= 0.3 is 0 Å².